The van der Waals surface area contributed by atoms with Crippen molar-refractivity contribution in [3.05, 3.63) is 59.0 Å². The molecule has 0 aromatic carbocycles. The van der Waals surface area contributed by atoms with Crippen LogP contribution < -0.4 is 0 Å². The van der Waals surface area contributed by atoms with Crippen LogP contribution in [-0.4, -0.2) is 27.7 Å². The molecule has 0 saturated heterocycles. The number of rotatable bonds is 4. The molecule has 2 aromatic heterocycles. The largest absolute Gasteiger partial charge is 0.504 e. The summed E-state index contributed by atoms with van der Waals surface area (Å²) in [5, 5.41) is 10.9. The summed E-state index contributed by atoms with van der Waals surface area (Å²) in [5.74, 6) is 0.139. The highest BCUT2D eigenvalue weighted by molar-refractivity contribution is 7.19. The van der Waals surface area contributed by atoms with Gasteiger partial charge in [-0.1, -0.05) is 18.2 Å². The second kappa shape index (κ2) is 7.24. The van der Waals surface area contributed by atoms with Crippen LogP contribution >= 0.6 is 11.3 Å². The first-order chi connectivity index (χ1) is 13.2. The van der Waals surface area contributed by atoms with Crippen molar-refractivity contribution in [3.8, 4) is 5.75 Å². The molecule has 3 heterocycles. The Kier molecular flexibility index (Phi) is 4.64. The number of fused-ring (bicyclic) bond motifs is 1. The van der Waals surface area contributed by atoms with Crippen molar-refractivity contribution in [2.75, 3.05) is 6.61 Å². The van der Waals surface area contributed by atoms with Crippen molar-refractivity contribution in [1.82, 2.24) is 9.97 Å². The number of ether oxygens (including phenoxy) is 3. The smallest absolute Gasteiger partial charge is 0.360 e. The molecule has 2 aromatic rings. The first kappa shape index (κ1) is 17.3. The number of hydrogen-bond acceptors (Lipinski definition) is 8. The minimum atomic E-state index is -0.675. The zero-order valence-electron chi connectivity index (χ0n) is 14.5. The molecule has 0 saturated carbocycles. The molecule has 1 aliphatic heterocycles. The molecule has 27 heavy (non-hydrogen) atoms. The van der Waals surface area contributed by atoms with E-state index in [0.29, 0.717) is 26.7 Å². The van der Waals surface area contributed by atoms with Crippen LogP contribution in [0, 0.1) is 0 Å². The second-order valence-electron chi connectivity index (χ2n) is 5.77. The van der Waals surface area contributed by atoms with E-state index in [4.69, 9.17) is 14.2 Å². The van der Waals surface area contributed by atoms with Gasteiger partial charge >= 0.3 is 5.97 Å². The first-order valence-electron chi connectivity index (χ1n) is 8.43. The van der Waals surface area contributed by atoms with Gasteiger partial charge in [0, 0.05) is 0 Å². The summed E-state index contributed by atoms with van der Waals surface area (Å²) < 4.78 is 16.7. The third-order valence-corrected chi connectivity index (χ3v) is 5.08. The molecule has 0 amide bonds. The van der Waals surface area contributed by atoms with Crippen LogP contribution in [0.4, 0.5) is 0 Å². The molecule has 0 fully saturated rings. The highest BCUT2D eigenvalue weighted by Crippen LogP contribution is 2.37. The van der Waals surface area contributed by atoms with Gasteiger partial charge in [0.05, 0.1) is 12.8 Å². The molecule has 0 atom stereocenters. The van der Waals surface area contributed by atoms with Crippen LogP contribution in [0.15, 0.2) is 48.3 Å². The van der Waals surface area contributed by atoms with Gasteiger partial charge in [0.25, 0.3) is 0 Å². The predicted molar refractivity (Wildman–Crippen MR) is 99.7 cm³/mol. The molecule has 4 rings (SSSR count). The Morgan fingerprint density at radius 3 is 3.00 bits per heavy atom. The fraction of sp³-hybridized carbons (Fsp3) is 0.211. The van der Waals surface area contributed by atoms with E-state index < -0.39 is 5.97 Å². The van der Waals surface area contributed by atoms with E-state index in [2.05, 4.69) is 16.0 Å². The average molecular weight is 384 g/mol. The number of hydrogen-bond donors (Lipinski definition) is 1. The molecule has 138 valence electrons. The van der Waals surface area contributed by atoms with Crippen LogP contribution in [-0.2, 0) is 14.2 Å². The van der Waals surface area contributed by atoms with Gasteiger partial charge in [0.15, 0.2) is 28.0 Å². The Hall–Kier alpha value is -3.13. The second-order valence-corrected chi connectivity index (χ2v) is 6.77. The molecule has 0 spiro atoms. The number of carbonyl (C=O) groups is 1. The summed E-state index contributed by atoms with van der Waals surface area (Å²) in [7, 11) is 0. The van der Waals surface area contributed by atoms with Gasteiger partial charge in [-0.3, -0.25) is 0 Å². The summed E-state index contributed by atoms with van der Waals surface area (Å²) in [5.41, 5.74) is 1.37. The summed E-state index contributed by atoms with van der Waals surface area (Å²) in [6.07, 6.45) is 12.3. The van der Waals surface area contributed by atoms with E-state index in [1.807, 2.05) is 12.2 Å². The maximum Gasteiger partial charge on any atom is 0.360 e. The third-order valence-electron chi connectivity index (χ3n) is 3.99. The lowest BCUT2D eigenvalue weighted by Gasteiger charge is -2.18. The number of allylic oxidation sites excluding steroid dienone is 4. The predicted octanol–water partition coefficient (Wildman–Crippen LogP) is 4.04. The highest BCUT2D eigenvalue weighted by atomic mass is 32.1. The Morgan fingerprint density at radius 2 is 2.22 bits per heavy atom. The Balaban J connectivity index is 1.63. The van der Waals surface area contributed by atoms with Gasteiger partial charge in [-0.25, -0.2) is 14.8 Å². The molecule has 0 radical (unpaired) electrons. The van der Waals surface area contributed by atoms with E-state index in [9.17, 15) is 9.90 Å². The molecular formula is C19H16N2O5S. The normalized spacial score (nSPS) is 16.1. The van der Waals surface area contributed by atoms with E-state index in [0.717, 1.165) is 18.4 Å². The number of pyridine rings is 1. The van der Waals surface area contributed by atoms with E-state index in [-0.39, 0.29) is 18.1 Å². The van der Waals surface area contributed by atoms with Crippen molar-refractivity contribution in [2.24, 2.45) is 0 Å². The Morgan fingerprint density at radius 1 is 1.37 bits per heavy atom. The van der Waals surface area contributed by atoms with E-state index in [1.54, 1.807) is 13.2 Å². The lowest BCUT2D eigenvalue weighted by molar-refractivity contribution is 0.0516. The van der Waals surface area contributed by atoms with Crippen LogP contribution in [0.3, 0.4) is 0 Å². The lowest BCUT2D eigenvalue weighted by atomic mass is 10.0. The van der Waals surface area contributed by atoms with Gasteiger partial charge in [0.2, 0.25) is 0 Å². The average Bonchev–Trinajstić information content (AvgIpc) is 3.15. The summed E-state index contributed by atoms with van der Waals surface area (Å²) in [6.45, 7) is 1.89. The third kappa shape index (κ3) is 3.31. The topological polar surface area (TPSA) is 90.8 Å². The zero-order chi connectivity index (χ0) is 18.8. The number of nitrogens with zero attached hydrogens (tertiary/aromatic N) is 2. The van der Waals surface area contributed by atoms with Crippen molar-refractivity contribution in [3.63, 3.8) is 0 Å². The van der Waals surface area contributed by atoms with Crippen LogP contribution in [0.5, 0.6) is 5.75 Å². The molecule has 0 unspecified atom stereocenters. The summed E-state index contributed by atoms with van der Waals surface area (Å²) >= 11 is 1.19. The van der Waals surface area contributed by atoms with Crippen molar-refractivity contribution >= 4 is 33.3 Å². The summed E-state index contributed by atoms with van der Waals surface area (Å²) in [6, 6.07) is 0. The highest BCUT2D eigenvalue weighted by Gasteiger charge is 2.23. The Labute approximate surface area is 158 Å². The van der Waals surface area contributed by atoms with Gasteiger partial charge in [0.1, 0.15) is 22.7 Å². The minimum absolute atomic E-state index is 0.130. The number of aromatic hydroxyl groups is 1. The van der Waals surface area contributed by atoms with Crippen LogP contribution in [0.2, 0.25) is 0 Å². The minimum Gasteiger partial charge on any atom is -0.504 e. The Bertz CT molecular complexity index is 1030. The van der Waals surface area contributed by atoms with E-state index >= 15 is 0 Å². The monoisotopic (exact) mass is 384 g/mol. The fourth-order valence-corrected chi connectivity index (χ4v) is 3.63. The number of esters is 1. The molecule has 1 N–H and O–H groups in total. The van der Waals surface area contributed by atoms with Gasteiger partial charge in [-0.2, -0.15) is 0 Å². The van der Waals surface area contributed by atoms with Crippen LogP contribution in [0.25, 0.3) is 16.0 Å². The molecule has 7 nitrogen and oxygen atoms in total. The van der Waals surface area contributed by atoms with Gasteiger partial charge in [-0.15, -0.1) is 11.3 Å². The fourth-order valence-electron chi connectivity index (χ4n) is 2.71. The van der Waals surface area contributed by atoms with Crippen LogP contribution in [0.1, 0.15) is 35.3 Å². The van der Waals surface area contributed by atoms with Crippen molar-refractivity contribution in [2.45, 2.75) is 19.8 Å². The first-order valence-corrected chi connectivity index (χ1v) is 9.24. The van der Waals surface area contributed by atoms with Crippen molar-refractivity contribution < 1.29 is 24.1 Å². The van der Waals surface area contributed by atoms with Gasteiger partial charge in [-0.05, 0) is 25.3 Å². The maximum atomic E-state index is 11.9. The summed E-state index contributed by atoms with van der Waals surface area (Å²) in [4.78, 5) is 20.3. The molecule has 1 aliphatic carbocycles. The molecule has 2 aliphatic rings. The quantitative estimate of drug-likeness (QED) is 0.796. The lowest BCUT2D eigenvalue weighted by Crippen LogP contribution is -2.07. The maximum absolute atomic E-state index is 11.9. The zero-order valence-corrected chi connectivity index (χ0v) is 15.3. The molecular weight excluding hydrogens is 368 g/mol. The standard InChI is InChI=1S/C19H16N2O5S/c1-2-25-19(23)15-16(22)17-12(8-20-15)21-18(27-17)14-10-24-9-13(26-14)11-6-4-3-5-7-11/h3-4,6,8-10,22H,2,5,7H2,1H3. The van der Waals surface area contributed by atoms with Gasteiger partial charge < -0.3 is 19.3 Å². The van der Waals surface area contributed by atoms with E-state index in [1.165, 1.54) is 23.8 Å². The molecule has 0 bridgehead atoms. The SMILES string of the molecule is CCOC(=O)c1ncc2nc(C3=COC=C(C4=CC=CCC4)O3)sc2c1O. The number of aromatic nitrogens is 2. The van der Waals surface area contributed by atoms with Crippen molar-refractivity contribution in [1.29, 1.82) is 0 Å². The molecule has 8 heteroatoms. The number of thiazole rings is 1. The number of carbonyl (C=O) groups excluding carboxylic acids is 1.